The molecule has 2 aromatic heterocycles. The van der Waals surface area contributed by atoms with Gasteiger partial charge in [-0.3, -0.25) is 9.59 Å². The fraction of sp³-hybridized carbons (Fsp3) is 0.312. The number of nitrogens with zero attached hydrogens (tertiary/aromatic N) is 3. The fourth-order valence-corrected chi connectivity index (χ4v) is 2.91. The van der Waals surface area contributed by atoms with Crippen molar-refractivity contribution in [3.63, 3.8) is 0 Å². The van der Waals surface area contributed by atoms with Crippen LogP contribution in [0.1, 0.15) is 23.2 Å². The van der Waals surface area contributed by atoms with Crippen LogP contribution in [0.25, 0.3) is 5.52 Å². The van der Waals surface area contributed by atoms with Crippen LogP contribution in [0.5, 0.6) is 0 Å². The van der Waals surface area contributed by atoms with Crippen molar-refractivity contribution >= 4 is 23.0 Å². The van der Waals surface area contributed by atoms with Gasteiger partial charge in [0.1, 0.15) is 0 Å². The maximum Gasteiger partial charge on any atom is 0.252 e. The first-order chi connectivity index (χ1) is 11.1. The Labute approximate surface area is 133 Å². The van der Waals surface area contributed by atoms with Crippen molar-refractivity contribution in [2.24, 2.45) is 5.73 Å². The standard InChI is InChI=1S/C16H19N5O2/c1-2-14(22)20-8-5-11(6-9-20)19-15-12(16(17)23)10-18-21-7-3-4-13(15)21/h2-4,7,10-11,19H,1,5-6,8-9H2,(H2,17,23). The summed E-state index contributed by atoms with van der Waals surface area (Å²) in [4.78, 5) is 25.1. The Morgan fingerprint density at radius 2 is 2.13 bits per heavy atom. The minimum atomic E-state index is -0.511. The molecule has 3 N–H and O–H groups in total. The van der Waals surface area contributed by atoms with Crippen LogP contribution < -0.4 is 11.1 Å². The fourth-order valence-electron chi connectivity index (χ4n) is 2.91. The number of carbonyl (C=O) groups excluding carboxylic acids is 2. The number of likely N-dealkylation sites (tertiary alicyclic amines) is 1. The van der Waals surface area contributed by atoms with Crippen LogP contribution >= 0.6 is 0 Å². The maximum absolute atomic E-state index is 11.7. The van der Waals surface area contributed by atoms with Crippen molar-refractivity contribution in [2.45, 2.75) is 18.9 Å². The summed E-state index contributed by atoms with van der Waals surface area (Å²) in [5, 5.41) is 7.59. The number of piperidine rings is 1. The molecule has 0 spiro atoms. The molecule has 23 heavy (non-hydrogen) atoms. The Bertz CT molecular complexity index is 759. The molecule has 1 saturated heterocycles. The lowest BCUT2D eigenvalue weighted by molar-refractivity contribution is -0.126. The van der Waals surface area contributed by atoms with Gasteiger partial charge in [-0.2, -0.15) is 5.10 Å². The van der Waals surface area contributed by atoms with Gasteiger partial charge < -0.3 is 16.0 Å². The van der Waals surface area contributed by atoms with Gasteiger partial charge in [0, 0.05) is 25.3 Å². The molecule has 0 aromatic carbocycles. The summed E-state index contributed by atoms with van der Waals surface area (Å²) in [5.74, 6) is -0.554. The molecule has 0 radical (unpaired) electrons. The molecule has 7 heteroatoms. The van der Waals surface area contributed by atoms with E-state index in [2.05, 4.69) is 17.0 Å². The number of nitrogens with two attached hydrogens (primary N) is 1. The van der Waals surface area contributed by atoms with Gasteiger partial charge in [-0.15, -0.1) is 0 Å². The summed E-state index contributed by atoms with van der Waals surface area (Å²) >= 11 is 0. The van der Waals surface area contributed by atoms with E-state index in [1.807, 2.05) is 18.3 Å². The van der Waals surface area contributed by atoms with Gasteiger partial charge in [0.05, 0.1) is 23.0 Å². The second-order valence-corrected chi connectivity index (χ2v) is 5.58. The van der Waals surface area contributed by atoms with Crippen LogP contribution in [0.3, 0.4) is 0 Å². The zero-order chi connectivity index (χ0) is 16.4. The van der Waals surface area contributed by atoms with Crippen molar-refractivity contribution in [3.05, 3.63) is 42.7 Å². The van der Waals surface area contributed by atoms with E-state index in [9.17, 15) is 9.59 Å². The topological polar surface area (TPSA) is 92.7 Å². The molecule has 0 aliphatic carbocycles. The number of primary amides is 1. The van der Waals surface area contributed by atoms with E-state index in [0.29, 0.717) is 24.3 Å². The van der Waals surface area contributed by atoms with Crippen molar-refractivity contribution in [1.29, 1.82) is 0 Å². The second kappa shape index (κ2) is 6.12. The molecule has 0 unspecified atom stereocenters. The number of rotatable bonds is 4. The Hall–Kier alpha value is -2.83. The predicted molar refractivity (Wildman–Crippen MR) is 87.1 cm³/mol. The molecule has 1 aliphatic rings. The highest BCUT2D eigenvalue weighted by atomic mass is 16.2. The predicted octanol–water partition coefficient (Wildman–Crippen LogP) is 1.02. The van der Waals surface area contributed by atoms with Crippen LogP contribution in [-0.4, -0.2) is 45.5 Å². The molecular formula is C16H19N5O2. The van der Waals surface area contributed by atoms with Gasteiger partial charge in [0.15, 0.2) is 0 Å². The van der Waals surface area contributed by atoms with Gasteiger partial charge in [-0.1, -0.05) is 6.58 Å². The van der Waals surface area contributed by atoms with Crippen LogP contribution in [-0.2, 0) is 4.79 Å². The normalized spacial score (nSPS) is 15.6. The number of nitrogens with one attached hydrogen (secondary N) is 1. The molecular weight excluding hydrogens is 294 g/mol. The van der Waals surface area contributed by atoms with Crippen LogP contribution in [0.15, 0.2) is 37.2 Å². The number of fused-ring (bicyclic) bond motifs is 1. The first-order valence-electron chi connectivity index (χ1n) is 7.54. The summed E-state index contributed by atoms with van der Waals surface area (Å²) in [6, 6.07) is 3.92. The van der Waals surface area contributed by atoms with Crippen molar-refractivity contribution in [1.82, 2.24) is 14.5 Å². The molecule has 0 bridgehead atoms. The highest BCUT2D eigenvalue weighted by Crippen LogP contribution is 2.25. The third-order valence-corrected chi connectivity index (χ3v) is 4.16. The van der Waals surface area contributed by atoms with E-state index in [1.165, 1.54) is 12.3 Å². The first-order valence-corrected chi connectivity index (χ1v) is 7.54. The molecule has 3 rings (SSSR count). The van der Waals surface area contributed by atoms with Gasteiger partial charge >= 0.3 is 0 Å². The summed E-state index contributed by atoms with van der Waals surface area (Å²) in [6.07, 6.45) is 6.23. The largest absolute Gasteiger partial charge is 0.380 e. The van der Waals surface area contributed by atoms with E-state index in [1.54, 1.807) is 9.42 Å². The molecule has 1 fully saturated rings. The van der Waals surface area contributed by atoms with E-state index in [0.717, 1.165) is 18.4 Å². The SMILES string of the molecule is C=CC(=O)N1CCC(Nc2c(C(N)=O)cnn3cccc23)CC1. The monoisotopic (exact) mass is 313 g/mol. The van der Waals surface area contributed by atoms with Crippen LogP contribution in [0, 0.1) is 0 Å². The quantitative estimate of drug-likeness (QED) is 0.824. The average Bonchev–Trinajstić information content (AvgIpc) is 3.04. The zero-order valence-corrected chi connectivity index (χ0v) is 12.7. The molecule has 0 atom stereocenters. The van der Waals surface area contributed by atoms with E-state index in [4.69, 9.17) is 5.73 Å². The lowest BCUT2D eigenvalue weighted by Crippen LogP contribution is -2.42. The highest BCUT2D eigenvalue weighted by molar-refractivity contribution is 6.01. The number of amides is 2. The maximum atomic E-state index is 11.7. The van der Waals surface area contributed by atoms with Crippen molar-refractivity contribution in [3.8, 4) is 0 Å². The molecule has 120 valence electrons. The van der Waals surface area contributed by atoms with Gasteiger partial charge in [-0.25, -0.2) is 4.52 Å². The lowest BCUT2D eigenvalue weighted by Gasteiger charge is -2.32. The van der Waals surface area contributed by atoms with Crippen molar-refractivity contribution < 1.29 is 9.59 Å². The van der Waals surface area contributed by atoms with Gasteiger partial charge in [0.2, 0.25) is 5.91 Å². The number of aromatic nitrogens is 2. The highest BCUT2D eigenvalue weighted by Gasteiger charge is 2.23. The third kappa shape index (κ3) is 2.90. The average molecular weight is 313 g/mol. The van der Waals surface area contributed by atoms with Gasteiger partial charge in [-0.05, 0) is 31.1 Å². The van der Waals surface area contributed by atoms with Crippen LogP contribution in [0.2, 0.25) is 0 Å². The molecule has 0 saturated carbocycles. The van der Waals surface area contributed by atoms with E-state index >= 15 is 0 Å². The van der Waals surface area contributed by atoms with E-state index < -0.39 is 5.91 Å². The summed E-state index contributed by atoms with van der Waals surface area (Å²) < 4.78 is 1.70. The molecule has 3 heterocycles. The first kappa shape index (κ1) is 15.1. The minimum absolute atomic E-state index is 0.0424. The molecule has 2 aromatic rings. The Balaban J connectivity index is 1.81. The molecule has 1 aliphatic heterocycles. The Kier molecular flexibility index (Phi) is 4.01. The summed E-state index contributed by atoms with van der Waals surface area (Å²) in [7, 11) is 0. The zero-order valence-electron chi connectivity index (χ0n) is 12.7. The van der Waals surface area contributed by atoms with Gasteiger partial charge in [0.25, 0.3) is 5.91 Å². The minimum Gasteiger partial charge on any atom is -0.380 e. The number of anilines is 1. The molecule has 7 nitrogen and oxygen atoms in total. The van der Waals surface area contributed by atoms with Crippen LogP contribution in [0.4, 0.5) is 5.69 Å². The number of carbonyl (C=O) groups is 2. The smallest absolute Gasteiger partial charge is 0.252 e. The number of hydrogen-bond acceptors (Lipinski definition) is 4. The lowest BCUT2D eigenvalue weighted by atomic mass is 10.0. The summed E-state index contributed by atoms with van der Waals surface area (Å²) in [5.41, 5.74) is 7.35. The summed E-state index contributed by atoms with van der Waals surface area (Å²) in [6.45, 7) is 4.84. The Morgan fingerprint density at radius 1 is 1.39 bits per heavy atom. The van der Waals surface area contributed by atoms with E-state index in [-0.39, 0.29) is 11.9 Å². The van der Waals surface area contributed by atoms with Crippen molar-refractivity contribution in [2.75, 3.05) is 18.4 Å². The second-order valence-electron chi connectivity index (χ2n) is 5.58. The third-order valence-electron chi connectivity index (χ3n) is 4.16. The molecule has 2 amide bonds. The Morgan fingerprint density at radius 3 is 2.78 bits per heavy atom. The number of hydrogen-bond donors (Lipinski definition) is 2.